The molecule has 0 saturated carbocycles. The van der Waals surface area contributed by atoms with Gasteiger partial charge in [0.2, 0.25) is 0 Å². The van der Waals surface area contributed by atoms with Gasteiger partial charge in [0.15, 0.2) is 17.5 Å². The highest BCUT2D eigenvalue weighted by Crippen LogP contribution is 2.15. The first-order chi connectivity index (χ1) is 6.56. The Hall–Kier alpha value is -1.07. The Kier molecular flexibility index (Phi) is 3.49. The summed E-state index contributed by atoms with van der Waals surface area (Å²) in [6.45, 7) is 0.165. The lowest BCUT2D eigenvalue weighted by molar-refractivity contribution is 0.438. The van der Waals surface area contributed by atoms with Gasteiger partial charge in [0.25, 0.3) is 0 Å². The largest absolute Gasteiger partial charge is 0.329 e. The highest BCUT2D eigenvalue weighted by Gasteiger charge is 2.14. The van der Waals surface area contributed by atoms with E-state index in [9.17, 15) is 13.2 Å². The van der Waals surface area contributed by atoms with Gasteiger partial charge in [-0.1, -0.05) is 6.07 Å². The minimum absolute atomic E-state index is 0.0434. The number of hydrogen-bond acceptors (Lipinski definition) is 2. The molecule has 0 spiro atoms. The summed E-state index contributed by atoms with van der Waals surface area (Å²) in [6.07, 6.45) is 0.0968. The lowest BCUT2D eigenvalue weighted by Gasteiger charge is -2.09. The molecule has 1 aromatic carbocycles. The van der Waals surface area contributed by atoms with Gasteiger partial charge in [-0.05, 0) is 18.1 Å². The van der Waals surface area contributed by atoms with Crippen molar-refractivity contribution in [3.8, 4) is 0 Å². The van der Waals surface area contributed by atoms with E-state index >= 15 is 0 Å². The second kappa shape index (κ2) is 4.43. The van der Waals surface area contributed by atoms with Gasteiger partial charge in [-0.3, -0.25) is 0 Å². The van der Waals surface area contributed by atoms with Crippen molar-refractivity contribution >= 4 is 0 Å². The molecule has 14 heavy (non-hydrogen) atoms. The molecular weight excluding hydrogens is 193 g/mol. The van der Waals surface area contributed by atoms with Crippen LogP contribution < -0.4 is 11.5 Å². The molecule has 4 N–H and O–H groups in total. The van der Waals surface area contributed by atoms with E-state index in [0.29, 0.717) is 0 Å². The minimum Gasteiger partial charge on any atom is -0.329 e. The lowest BCUT2D eigenvalue weighted by atomic mass is 10.1. The fourth-order valence-electron chi connectivity index (χ4n) is 1.09. The molecule has 0 amide bonds. The van der Waals surface area contributed by atoms with Crippen LogP contribution in [0.3, 0.4) is 0 Å². The summed E-state index contributed by atoms with van der Waals surface area (Å²) in [7, 11) is 0. The average molecular weight is 204 g/mol. The van der Waals surface area contributed by atoms with Crippen molar-refractivity contribution in [2.75, 3.05) is 6.54 Å². The molecule has 0 aliphatic carbocycles. The SMILES string of the molecule is NCC(N)Cc1ccc(F)c(F)c1F. The van der Waals surface area contributed by atoms with Crippen molar-refractivity contribution in [3.05, 3.63) is 35.1 Å². The average Bonchev–Trinajstić information content (AvgIpc) is 2.19. The molecule has 1 aromatic rings. The van der Waals surface area contributed by atoms with Crippen LogP contribution in [0.2, 0.25) is 0 Å². The van der Waals surface area contributed by atoms with Crippen LogP contribution in [0.4, 0.5) is 13.2 Å². The van der Waals surface area contributed by atoms with Crippen LogP contribution in [-0.2, 0) is 6.42 Å². The first-order valence-corrected chi connectivity index (χ1v) is 4.14. The summed E-state index contributed by atoms with van der Waals surface area (Å²) >= 11 is 0. The molecular formula is C9H11F3N2. The Morgan fingerprint density at radius 2 is 1.79 bits per heavy atom. The van der Waals surface area contributed by atoms with Gasteiger partial charge in [-0.2, -0.15) is 0 Å². The summed E-state index contributed by atoms with van der Waals surface area (Å²) in [4.78, 5) is 0. The fourth-order valence-corrected chi connectivity index (χ4v) is 1.09. The van der Waals surface area contributed by atoms with E-state index in [0.717, 1.165) is 6.07 Å². The van der Waals surface area contributed by atoms with Gasteiger partial charge in [-0.15, -0.1) is 0 Å². The zero-order valence-corrected chi connectivity index (χ0v) is 7.43. The van der Waals surface area contributed by atoms with Crippen molar-refractivity contribution < 1.29 is 13.2 Å². The van der Waals surface area contributed by atoms with Crippen molar-refractivity contribution in [1.82, 2.24) is 0 Å². The fraction of sp³-hybridized carbons (Fsp3) is 0.333. The van der Waals surface area contributed by atoms with Crippen molar-refractivity contribution in [2.45, 2.75) is 12.5 Å². The number of rotatable bonds is 3. The van der Waals surface area contributed by atoms with Crippen LogP contribution in [0.15, 0.2) is 12.1 Å². The molecule has 78 valence electrons. The van der Waals surface area contributed by atoms with Crippen LogP contribution >= 0.6 is 0 Å². The monoisotopic (exact) mass is 204 g/mol. The quantitative estimate of drug-likeness (QED) is 0.720. The van der Waals surface area contributed by atoms with Crippen molar-refractivity contribution in [3.63, 3.8) is 0 Å². The van der Waals surface area contributed by atoms with Gasteiger partial charge in [-0.25, -0.2) is 13.2 Å². The predicted molar refractivity (Wildman–Crippen MR) is 47.0 cm³/mol. The topological polar surface area (TPSA) is 52.0 Å². The molecule has 0 aliphatic heterocycles. The maximum Gasteiger partial charge on any atom is 0.194 e. The highest BCUT2D eigenvalue weighted by atomic mass is 19.2. The summed E-state index contributed by atoms with van der Waals surface area (Å²) < 4.78 is 38.3. The van der Waals surface area contributed by atoms with E-state index in [-0.39, 0.29) is 18.5 Å². The van der Waals surface area contributed by atoms with Crippen molar-refractivity contribution in [2.24, 2.45) is 11.5 Å². The number of halogens is 3. The van der Waals surface area contributed by atoms with Crippen LogP contribution in [0.1, 0.15) is 5.56 Å². The van der Waals surface area contributed by atoms with E-state index in [1.54, 1.807) is 0 Å². The van der Waals surface area contributed by atoms with E-state index in [1.165, 1.54) is 6.07 Å². The highest BCUT2D eigenvalue weighted by molar-refractivity contribution is 5.21. The number of nitrogens with two attached hydrogens (primary N) is 2. The first-order valence-electron chi connectivity index (χ1n) is 4.14. The Bertz CT molecular complexity index is 328. The van der Waals surface area contributed by atoms with E-state index < -0.39 is 23.5 Å². The first kappa shape index (κ1) is 11.0. The maximum absolute atomic E-state index is 13.0. The standard InChI is InChI=1S/C9H11F3N2/c10-7-2-1-5(3-6(14)4-13)8(11)9(7)12/h1-2,6H,3-4,13-14H2. The minimum atomic E-state index is -1.47. The second-order valence-electron chi connectivity index (χ2n) is 3.03. The molecule has 0 fully saturated rings. The molecule has 1 unspecified atom stereocenters. The smallest absolute Gasteiger partial charge is 0.194 e. The molecule has 0 aliphatic rings. The molecule has 5 heteroatoms. The van der Waals surface area contributed by atoms with Crippen molar-refractivity contribution in [1.29, 1.82) is 0 Å². The molecule has 0 heterocycles. The number of benzene rings is 1. The summed E-state index contributed by atoms with van der Waals surface area (Å²) in [6, 6.07) is 1.59. The lowest BCUT2D eigenvalue weighted by Crippen LogP contribution is -2.32. The molecule has 2 nitrogen and oxygen atoms in total. The normalized spacial score (nSPS) is 12.9. The molecule has 0 aromatic heterocycles. The van der Waals surface area contributed by atoms with Crippen LogP contribution in [0.5, 0.6) is 0 Å². The van der Waals surface area contributed by atoms with E-state index in [1.807, 2.05) is 0 Å². The summed E-state index contributed by atoms with van der Waals surface area (Å²) in [5.41, 5.74) is 10.7. The van der Waals surface area contributed by atoms with Gasteiger partial charge in [0.05, 0.1) is 0 Å². The zero-order chi connectivity index (χ0) is 10.7. The Labute approximate surface area is 79.7 Å². The van der Waals surface area contributed by atoms with Crippen LogP contribution in [0, 0.1) is 17.5 Å². The third-order valence-electron chi connectivity index (χ3n) is 1.90. The maximum atomic E-state index is 13.0. The second-order valence-corrected chi connectivity index (χ2v) is 3.03. The van der Waals surface area contributed by atoms with Gasteiger partial charge in [0.1, 0.15) is 0 Å². The summed E-state index contributed by atoms with van der Waals surface area (Å²) in [5.74, 6) is -3.85. The summed E-state index contributed by atoms with van der Waals surface area (Å²) in [5, 5.41) is 0. The van der Waals surface area contributed by atoms with Crippen LogP contribution in [-0.4, -0.2) is 12.6 Å². The third-order valence-corrected chi connectivity index (χ3v) is 1.90. The zero-order valence-electron chi connectivity index (χ0n) is 7.43. The van der Waals surface area contributed by atoms with Gasteiger partial charge >= 0.3 is 0 Å². The van der Waals surface area contributed by atoms with E-state index in [2.05, 4.69) is 0 Å². The number of hydrogen-bond donors (Lipinski definition) is 2. The van der Waals surface area contributed by atoms with E-state index in [4.69, 9.17) is 11.5 Å². The Balaban J connectivity index is 2.94. The molecule has 0 radical (unpaired) electrons. The molecule has 1 rings (SSSR count). The Morgan fingerprint density at radius 3 is 2.36 bits per heavy atom. The third kappa shape index (κ3) is 2.24. The molecule has 1 atom stereocenters. The van der Waals surface area contributed by atoms with Gasteiger partial charge < -0.3 is 11.5 Å². The molecule has 0 saturated heterocycles. The van der Waals surface area contributed by atoms with Crippen LogP contribution in [0.25, 0.3) is 0 Å². The predicted octanol–water partition coefficient (Wildman–Crippen LogP) is 0.932. The Morgan fingerprint density at radius 1 is 1.14 bits per heavy atom. The molecule has 0 bridgehead atoms. The van der Waals surface area contributed by atoms with Gasteiger partial charge in [0, 0.05) is 12.6 Å².